The van der Waals surface area contributed by atoms with Gasteiger partial charge in [-0.3, -0.25) is 19.5 Å². The molecule has 0 spiro atoms. The third-order valence-corrected chi connectivity index (χ3v) is 8.11. The zero-order valence-electron chi connectivity index (χ0n) is 26.1. The second kappa shape index (κ2) is 14.6. The topological polar surface area (TPSA) is 143 Å². The highest BCUT2D eigenvalue weighted by molar-refractivity contribution is 5.92. The Hall–Kier alpha value is -5.65. The molecule has 2 aromatic heterocycles. The van der Waals surface area contributed by atoms with Crippen molar-refractivity contribution in [3.05, 3.63) is 96.4 Å². The van der Waals surface area contributed by atoms with E-state index in [0.717, 1.165) is 22.0 Å². The van der Waals surface area contributed by atoms with Crippen molar-refractivity contribution >= 4 is 28.6 Å². The maximum atomic E-state index is 13.7. The number of carbonyl (C=O) groups excluding carboxylic acids is 3. The van der Waals surface area contributed by atoms with Crippen LogP contribution < -0.4 is 20.1 Å². The average molecular weight is 636 g/mol. The Morgan fingerprint density at radius 3 is 2.72 bits per heavy atom. The standard InChI is InChI=1S/C35H37N7O5/c1-46-30-13-12-25-21-31(30)47-19-7-16-42(33(44)22-28-26-10-5-6-11-27(26)39-40-28)23-32(43)38-29(20-24-8-3-2-4-9-24)35(45)37-15-18-41-17-14-36-34(25)41/h2-6,8-14,17,21,29H,7,15-16,18-20,22-23H2,1H3,(H,37,45)(H,38,43)(H,39,40)/t29-/m0/s1. The minimum absolute atomic E-state index is 0.0328. The van der Waals surface area contributed by atoms with Crippen LogP contribution in [0.4, 0.5) is 0 Å². The van der Waals surface area contributed by atoms with Crippen LogP contribution in [-0.2, 0) is 33.8 Å². The Balaban J connectivity index is 1.27. The van der Waals surface area contributed by atoms with Gasteiger partial charge in [0.2, 0.25) is 17.7 Å². The van der Waals surface area contributed by atoms with Gasteiger partial charge in [0.1, 0.15) is 11.9 Å². The van der Waals surface area contributed by atoms with Crippen LogP contribution in [0, 0.1) is 0 Å². The summed E-state index contributed by atoms with van der Waals surface area (Å²) in [5.41, 5.74) is 3.16. The fourth-order valence-corrected chi connectivity index (χ4v) is 5.72. The van der Waals surface area contributed by atoms with E-state index in [1.165, 1.54) is 4.90 Å². The number of nitrogens with one attached hydrogen (secondary N) is 3. The molecule has 2 bridgehead atoms. The van der Waals surface area contributed by atoms with Crippen LogP contribution in [0.3, 0.4) is 0 Å². The zero-order chi connectivity index (χ0) is 32.6. The van der Waals surface area contributed by atoms with Crippen molar-refractivity contribution in [2.24, 2.45) is 0 Å². The number of rotatable bonds is 5. The molecule has 1 aliphatic rings. The van der Waals surface area contributed by atoms with Gasteiger partial charge in [-0.25, -0.2) is 4.98 Å². The molecule has 242 valence electrons. The van der Waals surface area contributed by atoms with Crippen molar-refractivity contribution in [3.63, 3.8) is 0 Å². The summed E-state index contributed by atoms with van der Waals surface area (Å²) >= 11 is 0. The van der Waals surface area contributed by atoms with Crippen molar-refractivity contribution in [1.29, 1.82) is 0 Å². The highest BCUT2D eigenvalue weighted by Gasteiger charge is 2.25. The number of para-hydroxylation sites is 1. The SMILES string of the molecule is COc1ccc2cc1OCCCN(C(=O)Cc1[nH]nc3ccccc13)CC(=O)N[C@@H](Cc1ccccc1)C(=O)NCCn1ccnc1-2. The molecule has 0 radical (unpaired) electrons. The number of carbonyl (C=O) groups is 3. The van der Waals surface area contributed by atoms with Gasteiger partial charge in [0.25, 0.3) is 0 Å². The molecule has 3 heterocycles. The number of H-pyrrole nitrogens is 1. The molecule has 12 heteroatoms. The van der Waals surface area contributed by atoms with Gasteiger partial charge in [0, 0.05) is 49.4 Å². The number of nitrogens with zero attached hydrogens (tertiary/aromatic N) is 4. The van der Waals surface area contributed by atoms with E-state index >= 15 is 0 Å². The Bertz CT molecular complexity index is 1850. The first-order valence-corrected chi connectivity index (χ1v) is 15.6. The zero-order valence-corrected chi connectivity index (χ0v) is 26.1. The van der Waals surface area contributed by atoms with Crippen LogP contribution in [0.25, 0.3) is 22.3 Å². The third-order valence-electron chi connectivity index (χ3n) is 8.11. The molecule has 5 aromatic rings. The summed E-state index contributed by atoms with van der Waals surface area (Å²) in [5.74, 6) is 0.822. The molecule has 12 nitrogen and oxygen atoms in total. The smallest absolute Gasteiger partial charge is 0.242 e. The lowest BCUT2D eigenvalue weighted by molar-refractivity contribution is -0.136. The predicted molar refractivity (Wildman–Crippen MR) is 176 cm³/mol. The minimum Gasteiger partial charge on any atom is -0.493 e. The summed E-state index contributed by atoms with van der Waals surface area (Å²) < 4.78 is 13.6. The third kappa shape index (κ3) is 7.60. The van der Waals surface area contributed by atoms with E-state index in [9.17, 15) is 14.4 Å². The second-order valence-electron chi connectivity index (χ2n) is 11.3. The maximum Gasteiger partial charge on any atom is 0.242 e. The normalized spacial score (nSPS) is 16.3. The summed E-state index contributed by atoms with van der Waals surface area (Å²) in [5, 5.41) is 14.0. The molecule has 1 aliphatic heterocycles. The van der Waals surface area contributed by atoms with Crippen LogP contribution in [0.5, 0.6) is 11.5 Å². The fourth-order valence-electron chi connectivity index (χ4n) is 5.72. The molecule has 0 saturated heterocycles. The Labute approximate surface area is 272 Å². The second-order valence-corrected chi connectivity index (χ2v) is 11.3. The molecular formula is C35H37N7O5. The Morgan fingerprint density at radius 2 is 1.87 bits per heavy atom. The molecular weight excluding hydrogens is 598 g/mol. The van der Waals surface area contributed by atoms with Crippen LogP contribution >= 0.6 is 0 Å². The van der Waals surface area contributed by atoms with E-state index in [2.05, 4.69) is 25.8 Å². The summed E-state index contributed by atoms with van der Waals surface area (Å²) in [7, 11) is 1.58. The Morgan fingerprint density at radius 1 is 1.04 bits per heavy atom. The molecule has 0 unspecified atom stereocenters. The van der Waals surface area contributed by atoms with Crippen LogP contribution in [0.1, 0.15) is 17.7 Å². The van der Waals surface area contributed by atoms with Crippen molar-refractivity contribution in [3.8, 4) is 22.9 Å². The molecule has 6 rings (SSSR count). The predicted octanol–water partition coefficient (Wildman–Crippen LogP) is 3.13. The fraction of sp³-hybridized carbons (Fsp3) is 0.286. The highest BCUT2D eigenvalue weighted by atomic mass is 16.5. The van der Waals surface area contributed by atoms with E-state index in [-0.39, 0.29) is 37.9 Å². The van der Waals surface area contributed by atoms with Crippen LogP contribution in [-0.4, -0.2) is 81.8 Å². The number of imidazole rings is 1. The maximum absolute atomic E-state index is 13.7. The number of hydrogen-bond donors (Lipinski definition) is 3. The van der Waals surface area contributed by atoms with Crippen molar-refractivity contribution in [2.45, 2.75) is 31.8 Å². The molecule has 3 aromatic carbocycles. The quantitative estimate of drug-likeness (QED) is 0.269. The molecule has 3 amide bonds. The highest BCUT2D eigenvalue weighted by Crippen LogP contribution is 2.32. The summed E-state index contributed by atoms with van der Waals surface area (Å²) in [6.45, 7) is 1.07. The summed E-state index contributed by atoms with van der Waals surface area (Å²) in [6.07, 6.45) is 4.33. The molecule has 0 saturated carbocycles. The number of ether oxygens (including phenoxy) is 2. The number of aromatic amines is 1. The monoisotopic (exact) mass is 635 g/mol. The van der Waals surface area contributed by atoms with E-state index in [1.807, 2.05) is 83.6 Å². The summed E-state index contributed by atoms with van der Waals surface area (Å²) in [6, 6.07) is 21.8. The number of benzene rings is 3. The largest absolute Gasteiger partial charge is 0.493 e. The van der Waals surface area contributed by atoms with Gasteiger partial charge < -0.3 is 29.6 Å². The van der Waals surface area contributed by atoms with Crippen molar-refractivity contribution in [2.75, 3.05) is 33.4 Å². The van der Waals surface area contributed by atoms with Gasteiger partial charge in [0.05, 0.1) is 37.9 Å². The van der Waals surface area contributed by atoms with E-state index in [4.69, 9.17) is 9.47 Å². The number of hydrogen-bond acceptors (Lipinski definition) is 7. The van der Waals surface area contributed by atoms with Gasteiger partial charge in [-0.1, -0.05) is 48.5 Å². The van der Waals surface area contributed by atoms with Crippen LogP contribution in [0.2, 0.25) is 0 Å². The molecule has 3 N–H and O–H groups in total. The summed E-state index contributed by atoms with van der Waals surface area (Å²) in [4.78, 5) is 46.8. The number of aromatic nitrogens is 4. The molecule has 0 aliphatic carbocycles. The number of fused-ring (bicyclic) bond motifs is 5. The molecule has 47 heavy (non-hydrogen) atoms. The van der Waals surface area contributed by atoms with Gasteiger partial charge in [-0.15, -0.1) is 0 Å². The Kier molecular flexibility index (Phi) is 9.75. The first kappa shape index (κ1) is 31.3. The molecule has 1 atom stereocenters. The lowest BCUT2D eigenvalue weighted by Gasteiger charge is -2.25. The van der Waals surface area contributed by atoms with Crippen molar-refractivity contribution < 1.29 is 23.9 Å². The van der Waals surface area contributed by atoms with E-state index < -0.39 is 11.9 Å². The first-order valence-electron chi connectivity index (χ1n) is 15.6. The van der Waals surface area contributed by atoms with Gasteiger partial charge in [-0.2, -0.15) is 5.10 Å². The number of amides is 3. The van der Waals surface area contributed by atoms with Gasteiger partial charge >= 0.3 is 0 Å². The average Bonchev–Trinajstić information content (AvgIpc) is 3.73. The van der Waals surface area contributed by atoms with Gasteiger partial charge in [-0.05, 0) is 36.2 Å². The van der Waals surface area contributed by atoms with Gasteiger partial charge in [0.15, 0.2) is 11.5 Å². The lowest BCUT2D eigenvalue weighted by atomic mass is 10.1. The van der Waals surface area contributed by atoms with E-state index in [0.29, 0.717) is 48.9 Å². The van der Waals surface area contributed by atoms with E-state index in [1.54, 1.807) is 13.3 Å². The first-order chi connectivity index (χ1) is 23.0. The lowest BCUT2D eigenvalue weighted by Crippen LogP contribution is -2.51. The molecule has 0 fully saturated rings. The number of methoxy groups -OCH3 is 1. The van der Waals surface area contributed by atoms with Crippen LogP contribution in [0.15, 0.2) is 85.2 Å². The minimum atomic E-state index is -0.841. The van der Waals surface area contributed by atoms with Crippen molar-refractivity contribution in [1.82, 2.24) is 35.3 Å².